The molecule has 0 saturated carbocycles. The van der Waals surface area contributed by atoms with Crippen molar-refractivity contribution in [3.8, 4) is 11.5 Å². The van der Waals surface area contributed by atoms with Crippen LogP contribution in [0.5, 0.6) is 11.5 Å². The second kappa shape index (κ2) is 12.2. The summed E-state index contributed by atoms with van der Waals surface area (Å²) in [5.74, 6) is 2.64. The van der Waals surface area contributed by atoms with Crippen molar-refractivity contribution in [1.82, 2.24) is 4.90 Å². The minimum atomic E-state index is 0.167. The average molecular weight is 439 g/mol. The van der Waals surface area contributed by atoms with Crippen molar-refractivity contribution < 1.29 is 9.47 Å². The molecular weight excluding hydrogens is 400 g/mol. The van der Waals surface area contributed by atoms with E-state index < -0.39 is 0 Å². The van der Waals surface area contributed by atoms with Gasteiger partial charge < -0.3 is 20.6 Å². The lowest BCUT2D eigenvalue weighted by atomic mass is 9.85. The Hall–Kier alpha value is -2.86. The number of rotatable bonds is 8. The Morgan fingerprint density at radius 3 is 2.38 bits per heavy atom. The number of nitrogens with two attached hydrogens (primary N) is 1. The highest BCUT2D eigenvalue weighted by Gasteiger charge is 2.32. The predicted octanol–water partition coefficient (Wildman–Crippen LogP) is 4.59. The van der Waals surface area contributed by atoms with E-state index in [0.29, 0.717) is 17.6 Å². The Morgan fingerprint density at radius 1 is 1.22 bits per heavy atom. The summed E-state index contributed by atoms with van der Waals surface area (Å²) in [7, 11) is 3.31. The molecule has 0 spiro atoms. The van der Waals surface area contributed by atoms with E-state index >= 15 is 0 Å². The highest BCUT2D eigenvalue weighted by Crippen LogP contribution is 2.39. The van der Waals surface area contributed by atoms with Gasteiger partial charge in [-0.2, -0.15) is 0 Å². The van der Waals surface area contributed by atoms with Gasteiger partial charge in [-0.1, -0.05) is 31.4 Å². The van der Waals surface area contributed by atoms with Gasteiger partial charge in [0.2, 0.25) is 0 Å². The van der Waals surface area contributed by atoms with E-state index in [9.17, 15) is 0 Å². The van der Waals surface area contributed by atoms with Crippen molar-refractivity contribution in [2.45, 2.75) is 32.6 Å². The number of nitrogens with zero attached hydrogens (tertiary/aromatic N) is 1. The maximum atomic E-state index is 8.67. The topological polar surface area (TPSA) is 95.4 Å². The van der Waals surface area contributed by atoms with Crippen molar-refractivity contribution in [1.29, 1.82) is 10.8 Å². The monoisotopic (exact) mass is 438 g/mol. The van der Waals surface area contributed by atoms with Crippen LogP contribution in [0.4, 0.5) is 0 Å². The van der Waals surface area contributed by atoms with Crippen LogP contribution in [0.1, 0.15) is 37.3 Å². The molecule has 1 atom stereocenters. The summed E-state index contributed by atoms with van der Waals surface area (Å²) in [4.78, 5) is 2.48. The van der Waals surface area contributed by atoms with Crippen molar-refractivity contribution in [2.75, 3.05) is 33.9 Å². The first kappa shape index (κ1) is 25.4. The summed E-state index contributed by atoms with van der Waals surface area (Å²) < 4.78 is 10.8. The van der Waals surface area contributed by atoms with Crippen molar-refractivity contribution in [3.05, 3.63) is 60.2 Å². The molecule has 6 heteroatoms. The fraction of sp³-hybridized carbons (Fsp3) is 0.462. The number of ether oxygens (including phenoxy) is 2. The highest BCUT2D eigenvalue weighted by molar-refractivity contribution is 6.04. The molecule has 2 aliphatic rings. The zero-order valence-corrected chi connectivity index (χ0v) is 19.7. The van der Waals surface area contributed by atoms with E-state index in [4.69, 9.17) is 26.0 Å². The zero-order valence-electron chi connectivity index (χ0n) is 19.7. The molecule has 4 N–H and O–H groups in total. The van der Waals surface area contributed by atoms with E-state index in [1.54, 1.807) is 20.3 Å². The molecular formula is C26H38N4O2. The van der Waals surface area contributed by atoms with Crippen LogP contribution in [-0.4, -0.2) is 50.3 Å². The SMILES string of the molecule is C=C/C=C\C(=C)CN1CCC(CC2Cc3cc(OC)c(OC)cc3C2=N)CC1.CC(=N)N. The van der Waals surface area contributed by atoms with Gasteiger partial charge in [0.15, 0.2) is 11.5 Å². The van der Waals surface area contributed by atoms with Crippen LogP contribution in [0.3, 0.4) is 0 Å². The van der Waals surface area contributed by atoms with Crippen LogP contribution in [0.25, 0.3) is 0 Å². The molecule has 32 heavy (non-hydrogen) atoms. The molecule has 0 bridgehead atoms. The minimum Gasteiger partial charge on any atom is -0.493 e. The number of hydrogen-bond donors (Lipinski definition) is 3. The Kier molecular flexibility index (Phi) is 9.72. The molecule has 0 radical (unpaired) electrons. The standard InChI is InChI=1S/C24H32N2O2.C2H6N2/c1-5-6-7-17(2)16-26-10-8-18(9-11-26)12-20-13-19-14-22(27-3)23(28-4)15-21(19)24(20)25;1-2(3)4/h5-7,14-15,18,20,25H,1-2,8-13,16H2,3-4H3;1H3,(H3,3,4)/b7-6-,25-24?;. The van der Waals surface area contributed by atoms with Gasteiger partial charge in [0, 0.05) is 23.7 Å². The largest absolute Gasteiger partial charge is 0.493 e. The number of methoxy groups -OCH3 is 2. The third kappa shape index (κ3) is 7.09. The first-order valence-corrected chi connectivity index (χ1v) is 11.1. The minimum absolute atomic E-state index is 0.167. The highest BCUT2D eigenvalue weighted by atomic mass is 16.5. The van der Waals surface area contributed by atoms with Gasteiger partial charge in [0.25, 0.3) is 0 Å². The van der Waals surface area contributed by atoms with Crippen molar-refractivity contribution in [3.63, 3.8) is 0 Å². The van der Waals surface area contributed by atoms with Crippen LogP contribution >= 0.6 is 0 Å². The van der Waals surface area contributed by atoms with Crippen LogP contribution in [0, 0.1) is 22.7 Å². The van der Waals surface area contributed by atoms with Gasteiger partial charge >= 0.3 is 0 Å². The van der Waals surface area contributed by atoms with Crippen molar-refractivity contribution in [2.24, 2.45) is 17.6 Å². The molecule has 1 aromatic rings. The fourth-order valence-corrected chi connectivity index (χ4v) is 4.46. The second-order valence-corrected chi connectivity index (χ2v) is 8.57. The molecule has 6 nitrogen and oxygen atoms in total. The summed E-state index contributed by atoms with van der Waals surface area (Å²) >= 11 is 0. The van der Waals surface area contributed by atoms with Crippen LogP contribution in [-0.2, 0) is 6.42 Å². The van der Waals surface area contributed by atoms with E-state index in [0.717, 1.165) is 55.1 Å². The molecule has 0 aromatic heterocycles. The van der Waals surface area contributed by atoms with E-state index in [1.165, 1.54) is 25.3 Å². The maximum absolute atomic E-state index is 8.67. The maximum Gasteiger partial charge on any atom is 0.161 e. The fourth-order valence-electron chi connectivity index (χ4n) is 4.46. The Balaban J connectivity index is 0.000000837. The lowest BCUT2D eigenvalue weighted by Gasteiger charge is -2.33. The van der Waals surface area contributed by atoms with Gasteiger partial charge in [-0.15, -0.1) is 0 Å². The summed E-state index contributed by atoms with van der Waals surface area (Å²) in [5.41, 5.74) is 8.84. The summed E-state index contributed by atoms with van der Waals surface area (Å²) in [6.45, 7) is 12.5. The predicted molar refractivity (Wildman–Crippen MR) is 133 cm³/mol. The van der Waals surface area contributed by atoms with E-state index in [2.05, 4.69) is 18.1 Å². The lowest BCUT2D eigenvalue weighted by molar-refractivity contribution is 0.186. The number of fused-ring (bicyclic) bond motifs is 1. The lowest BCUT2D eigenvalue weighted by Crippen LogP contribution is -2.35. The van der Waals surface area contributed by atoms with Gasteiger partial charge in [-0.3, -0.25) is 10.3 Å². The summed E-state index contributed by atoms with van der Waals surface area (Å²) in [6.07, 6.45) is 10.2. The molecule has 1 aliphatic carbocycles. The first-order valence-electron chi connectivity index (χ1n) is 11.1. The Morgan fingerprint density at radius 2 is 1.81 bits per heavy atom. The number of nitrogens with one attached hydrogen (secondary N) is 2. The van der Waals surface area contributed by atoms with Crippen LogP contribution < -0.4 is 15.2 Å². The average Bonchev–Trinajstić information content (AvgIpc) is 3.06. The van der Waals surface area contributed by atoms with Crippen molar-refractivity contribution >= 4 is 11.5 Å². The quantitative estimate of drug-likeness (QED) is 0.314. The molecule has 1 unspecified atom stereocenters. The molecule has 174 valence electrons. The van der Waals surface area contributed by atoms with Gasteiger partial charge in [-0.05, 0) is 74.9 Å². The van der Waals surface area contributed by atoms with Gasteiger partial charge in [0.05, 0.1) is 20.1 Å². The number of benzene rings is 1. The zero-order chi connectivity index (χ0) is 23.7. The first-order chi connectivity index (χ1) is 15.3. The summed E-state index contributed by atoms with van der Waals surface area (Å²) in [6, 6.07) is 4.02. The van der Waals surface area contributed by atoms with E-state index in [1.807, 2.05) is 24.3 Å². The third-order valence-corrected chi connectivity index (χ3v) is 5.99. The summed E-state index contributed by atoms with van der Waals surface area (Å²) in [5, 5.41) is 14.9. The normalized spacial score (nSPS) is 18.6. The number of likely N-dealkylation sites (tertiary alicyclic amines) is 1. The Labute approximate surface area is 192 Å². The molecule has 1 fully saturated rings. The third-order valence-electron chi connectivity index (χ3n) is 5.99. The van der Waals surface area contributed by atoms with Gasteiger partial charge in [-0.25, -0.2) is 0 Å². The molecule has 0 amide bonds. The number of hydrogen-bond acceptors (Lipinski definition) is 5. The second-order valence-electron chi connectivity index (χ2n) is 8.57. The molecule has 1 saturated heterocycles. The Bertz CT molecular complexity index is 863. The molecule has 1 aromatic carbocycles. The molecule has 1 heterocycles. The smallest absolute Gasteiger partial charge is 0.161 e. The molecule has 3 rings (SSSR count). The van der Waals surface area contributed by atoms with E-state index in [-0.39, 0.29) is 5.84 Å². The van der Waals surface area contributed by atoms with Crippen LogP contribution in [0.2, 0.25) is 0 Å². The number of allylic oxidation sites excluding steroid dienone is 2. The van der Waals surface area contributed by atoms with Crippen LogP contribution in [0.15, 0.2) is 49.1 Å². The molecule has 1 aliphatic heterocycles. The number of amidine groups is 1. The van der Waals surface area contributed by atoms with Gasteiger partial charge in [0.1, 0.15) is 0 Å². The number of piperidine rings is 1.